The van der Waals surface area contributed by atoms with Crippen LogP contribution in [-0.4, -0.2) is 73.1 Å². The molecule has 3 heterocycles. The van der Waals surface area contributed by atoms with Crippen LogP contribution in [0.2, 0.25) is 0 Å². The second-order valence-corrected chi connectivity index (χ2v) is 11.7. The third-order valence-electron chi connectivity index (χ3n) is 7.66. The Balaban J connectivity index is 0.977. The number of carboxylic acid groups (broad SMARTS) is 1. The molecule has 0 spiro atoms. The lowest BCUT2D eigenvalue weighted by molar-refractivity contribution is -0.150. The predicted octanol–water partition coefficient (Wildman–Crippen LogP) is 6.35. The fourth-order valence-corrected chi connectivity index (χ4v) is 6.10. The number of hydrogen-bond donors (Lipinski definition) is 1. The molecule has 1 fully saturated rings. The molecule has 2 aromatic carbocycles. The van der Waals surface area contributed by atoms with Crippen LogP contribution in [0.25, 0.3) is 21.0 Å². The molecular formula is C33H39N3O6S. The maximum Gasteiger partial charge on any atom is 0.308 e. The van der Waals surface area contributed by atoms with Gasteiger partial charge >= 0.3 is 11.9 Å². The number of aromatic nitrogens is 1. The van der Waals surface area contributed by atoms with Crippen LogP contribution in [0.15, 0.2) is 60.0 Å². The number of carboxylic acids is 1. The zero-order chi connectivity index (χ0) is 29.9. The van der Waals surface area contributed by atoms with Crippen LogP contribution in [0, 0.1) is 0 Å². The highest BCUT2D eigenvalue weighted by molar-refractivity contribution is 7.17. The number of ether oxygens (including phenoxy) is 3. The van der Waals surface area contributed by atoms with Gasteiger partial charge in [-0.1, -0.05) is 12.5 Å². The normalized spacial score (nSPS) is 13.8. The van der Waals surface area contributed by atoms with E-state index in [1.807, 2.05) is 24.3 Å². The van der Waals surface area contributed by atoms with Gasteiger partial charge in [0.25, 0.3) is 0 Å². The highest BCUT2D eigenvalue weighted by Gasteiger charge is 2.18. The average molecular weight is 606 g/mol. The van der Waals surface area contributed by atoms with Crippen molar-refractivity contribution in [1.29, 1.82) is 0 Å². The number of aliphatic carboxylic acids is 1. The molecule has 5 rings (SSSR count). The number of piperazine rings is 1. The van der Waals surface area contributed by atoms with E-state index in [2.05, 4.69) is 44.4 Å². The molecule has 9 nitrogen and oxygen atoms in total. The summed E-state index contributed by atoms with van der Waals surface area (Å²) >= 11 is 1.80. The standard InChI is InChI=1S/C33H39N3O6S/c37-32(38)9-2-1-3-10-33(39)42-24-41-31-14-12-25-11-13-26(23-28(25)34-31)40-21-5-4-16-35-17-19-36(20-18-35)29-7-6-8-30-27(29)15-22-43-30/h6-8,11-15,22-23H,1-5,9-10,16-21,24H2,(H,37,38). The summed E-state index contributed by atoms with van der Waals surface area (Å²) < 4.78 is 18.0. The molecule has 0 aliphatic carbocycles. The quantitative estimate of drug-likeness (QED) is 0.0890. The number of nitrogens with zero attached hydrogens (tertiary/aromatic N) is 3. The number of anilines is 1. The number of unbranched alkanes of at least 4 members (excludes halogenated alkanes) is 3. The lowest BCUT2D eigenvalue weighted by atomic mass is 10.1. The van der Waals surface area contributed by atoms with Gasteiger partial charge in [0.05, 0.1) is 12.1 Å². The number of benzene rings is 2. The molecule has 43 heavy (non-hydrogen) atoms. The van der Waals surface area contributed by atoms with Crippen molar-refractivity contribution in [2.45, 2.75) is 44.9 Å². The molecule has 1 N–H and O–H groups in total. The van der Waals surface area contributed by atoms with Gasteiger partial charge in [-0.2, -0.15) is 0 Å². The monoisotopic (exact) mass is 605 g/mol. The highest BCUT2D eigenvalue weighted by atomic mass is 32.1. The second-order valence-electron chi connectivity index (χ2n) is 10.7. The Kier molecular flexibility index (Phi) is 11.0. The first-order valence-electron chi connectivity index (χ1n) is 15.0. The number of carbonyl (C=O) groups excluding carboxylic acids is 1. The zero-order valence-electron chi connectivity index (χ0n) is 24.4. The molecule has 1 saturated heterocycles. The van der Waals surface area contributed by atoms with E-state index >= 15 is 0 Å². The van der Waals surface area contributed by atoms with E-state index in [1.165, 1.54) is 15.8 Å². The number of fused-ring (bicyclic) bond motifs is 2. The Morgan fingerprint density at radius 1 is 0.884 bits per heavy atom. The van der Waals surface area contributed by atoms with Crippen molar-refractivity contribution in [3.8, 4) is 11.6 Å². The maximum absolute atomic E-state index is 11.9. The molecule has 0 atom stereocenters. The molecule has 0 unspecified atom stereocenters. The summed E-state index contributed by atoms with van der Waals surface area (Å²) in [6, 6.07) is 18.3. The first-order chi connectivity index (χ1) is 21.0. The summed E-state index contributed by atoms with van der Waals surface area (Å²) in [5.74, 6) is -0.0631. The molecule has 10 heteroatoms. The van der Waals surface area contributed by atoms with Crippen molar-refractivity contribution >= 4 is 50.0 Å². The van der Waals surface area contributed by atoms with E-state index in [0.29, 0.717) is 31.7 Å². The van der Waals surface area contributed by atoms with Gasteiger partial charge in [0, 0.05) is 72.3 Å². The molecular weight excluding hydrogens is 566 g/mol. The van der Waals surface area contributed by atoms with Crippen LogP contribution in [0.5, 0.6) is 11.6 Å². The summed E-state index contributed by atoms with van der Waals surface area (Å²) in [5.41, 5.74) is 2.10. The van der Waals surface area contributed by atoms with E-state index in [-0.39, 0.29) is 25.6 Å². The van der Waals surface area contributed by atoms with Gasteiger partial charge in [0.15, 0.2) is 0 Å². The van der Waals surface area contributed by atoms with Crippen molar-refractivity contribution in [3.63, 3.8) is 0 Å². The number of thiophene rings is 1. The van der Waals surface area contributed by atoms with Crippen molar-refractivity contribution in [2.24, 2.45) is 0 Å². The molecule has 4 aromatic rings. The minimum absolute atomic E-state index is 0.116. The summed E-state index contributed by atoms with van der Waals surface area (Å²) in [4.78, 5) is 32.0. The number of pyridine rings is 1. The fraction of sp³-hybridized carbons (Fsp3) is 0.424. The lowest BCUT2D eigenvalue weighted by Crippen LogP contribution is -2.46. The molecule has 0 bridgehead atoms. The number of rotatable bonds is 16. The molecule has 1 aliphatic rings. The Hall–Kier alpha value is -3.89. The maximum atomic E-state index is 11.9. The molecule has 0 radical (unpaired) electrons. The molecule has 0 amide bonds. The minimum Gasteiger partial charge on any atom is -0.494 e. The van der Waals surface area contributed by atoms with E-state index in [9.17, 15) is 9.59 Å². The topological polar surface area (TPSA) is 101 Å². The summed E-state index contributed by atoms with van der Waals surface area (Å²) in [6.45, 7) is 5.78. The van der Waals surface area contributed by atoms with Crippen molar-refractivity contribution in [3.05, 3.63) is 60.0 Å². The SMILES string of the molecule is O=C(O)CCCCCC(=O)OCOc1ccc2ccc(OCCCCN3CCN(c4cccc5sccc45)CC3)cc2n1. The summed E-state index contributed by atoms with van der Waals surface area (Å²) in [7, 11) is 0. The lowest BCUT2D eigenvalue weighted by Gasteiger charge is -2.36. The highest BCUT2D eigenvalue weighted by Crippen LogP contribution is 2.31. The van der Waals surface area contributed by atoms with Crippen LogP contribution in [0.4, 0.5) is 5.69 Å². The zero-order valence-corrected chi connectivity index (χ0v) is 25.2. The summed E-state index contributed by atoms with van der Waals surface area (Å²) in [6.07, 6.45) is 4.24. The number of carbonyl (C=O) groups is 2. The van der Waals surface area contributed by atoms with Gasteiger partial charge in [-0.05, 0) is 74.0 Å². The second kappa shape index (κ2) is 15.5. The van der Waals surface area contributed by atoms with Gasteiger partial charge in [0.2, 0.25) is 12.7 Å². The van der Waals surface area contributed by atoms with E-state index < -0.39 is 5.97 Å². The van der Waals surface area contributed by atoms with Gasteiger partial charge in [-0.25, -0.2) is 4.98 Å². The van der Waals surface area contributed by atoms with Crippen LogP contribution >= 0.6 is 11.3 Å². The largest absolute Gasteiger partial charge is 0.494 e. The van der Waals surface area contributed by atoms with Gasteiger partial charge in [0.1, 0.15) is 5.75 Å². The van der Waals surface area contributed by atoms with E-state index in [1.54, 1.807) is 17.4 Å². The van der Waals surface area contributed by atoms with Gasteiger partial charge in [-0.15, -0.1) is 11.3 Å². The molecule has 1 aliphatic heterocycles. The third kappa shape index (κ3) is 9.05. The molecule has 228 valence electrons. The van der Waals surface area contributed by atoms with Crippen LogP contribution < -0.4 is 14.4 Å². The first kappa shape index (κ1) is 30.6. The Morgan fingerprint density at radius 2 is 1.72 bits per heavy atom. The fourth-order valence-electron chi connectivity index (χ4n) is 5.29. The van der Waals surface area contributed by atoms with Crippen molar-refractivity contribution in [2.75, 3.05) is 51.0 Å². The van der Waals surface area contributed by atoms with E-state index in [0.717, 1.165) is 62.2 Å². The van der Waals surface area contributed by atoms with Crippen LogP contribution in [-0.2, 0) is 14.3 Å². The first-order valence-corrected chi connectivity index (χ1v) is 15.9. The van der Waals surface area contributed by atoms with Crippen LogP contribution in [0.1, 0.15) is 44.9 Å². The number of esters is 1. The van der Waals surface area contributed by atoms with Gasteiger partial charge in [-0.3, -0.25) is 14.5 Å². The average Bonchev–Trinajstić information content (AvgIpc) is 3.50. The Morgan fingerprint density at radius 3 is 2.58 bits per heavy atom. The smallest absolute Gasteiger partial charge is 0.308 e. The predicted molar refractivity (Wildman–Crippen MR) is 169 cm³/mol. The van der Waals surface area contributed by atoms with Crippen LogP contribution in [0.3, 0.4) is 0 Å². The minimum atomic E-state index is -0.822. The summed E-state index contributed by atoms with van der Waals surface area (Å²) in [5, 5.41) is 13.2. The van der Waals surface area contributed by atoms with Crippen molar-refractivity contribution < 1.29 is 28.9 Å². The molecule has 0 saturated carbocycles. The Bertz CT molecular complexity index is 1500. The number of hydrogen-bond acceptors (Lipinski definition) is 9. The Labute approximate surface area is 256 Å². The van der Waals surface area contributed by atoms with Crippen molar-refractivity contribution in [1.82, 2.24) is 9.88 Å². The third-order valence-corrected chi connectivity index (χ3v) is 8.54. The molecule has 2 aromatic heterocycles. The van der Waals surface area contributed by atoms with E-state index in [4.69, 9.17) is 19.3 Å². The van der Waals surface area contributed by atoms with Gasteiger partial charge < -0.3 is 24.2 Å².